The van der Waals surface area contributed by atoms with Crippen LogP contribution in [0.15, 0.2) is 47.4 Å². The lowest BCUT2D eigenvalue weighted by Crippen LogP contribution is -2.10. The third kappa shape index (κ3) is 2.70. The monoisotopic (exact) mass is 357 g/mol. The molecule has 0 spiro atoms. The Morgan fingerprint density at radius 2 is 1.83 bits per heavy atom. The number of hydrogen-bond acceptors (Lipinski definition) is 1. The van der Waals surface area contributed by atoms with Gasteiger partial charge in [0.05, 0.1) is 21.2 Å². The minimum absolute atomic E-state index is 0.758. The van der Waals surface area contributed by atoms with Crippen LogP contribution < -0.4 is 0 Å². The van der Waals surface area contributed by atoms with Gasteiger partial charge in [-0.2, -0.15) is 0 Å². The van der Waals surface area contributed by atoms with E-state index in [9.17, 15) is 4.21 Å². The topological polar surface area (TPSA) is 22.0 Å². The van der Waals surface area contributed by atoms with Crippen LogP contribution in [0.5, 0.6) is 0 Å². The zero-order chi connectivity index (χ0) is 16.7. The van der Waals surface area contributed by atoms with Gasteiger partial charge in [0.25, 0.3) is 0 Å². The van der Waals surface area contributed by atoms with Crippen molar-refractivity contribution in [3.05, 3.63) is 64.3 Å². The van der Waals surface area contributed by atoms with Crippen molar-refractivity contribution >= 4 is 33.3 Å². The number of rotatable bonds is 3. The fraction of sp³-hybridized carbons (Fsp3) is 0.300. The summed E-state index contributed by atoms with van der Waals surface area (Å²) in [4.78, 5) is 0.941. The van der Waals surface area contributed by atoms with E-state index in [4.69, 9.17) is 11.6 Å². The maximum Gasteiger partial charge on any atom is 0.0652 e. The molecule has 0 fully saturated rings. The second kappa shape index (κ2) is 6.38. The first-order chi connectivity index (χ1) is 11.6. The maximum absolute atomic E-state index is 12.3. The highest BCUT2D eigenvalue weighted by molar-refractivity contribution is 7.84. The predicted molar refractivity (Wildman–Crippen MR) is 101 cm³/mol. The standard InChI is InChI=1S/C20H20ClNOS/c1-24(23)19-8-4-6-17-16-5-2-3-7-18(16)22(20(17)19)13-14-9-11-15(21)12-10-14/h4,6,8-12H,2-3,5,7,13H2,1H3/t24-/m1/s1. The second-order valence-corrected chi connectivity index (χ2v) is 8.24. The lowest BCUT2D eigenvalue weighted by Gasteiger charge is -2.16. The average Bonchev–Trinajstić information content (AvgIpc) is 2.91. The first-order valence-electron chi connectivity index (χ1n) is 8.36. The van der Waals surface area contributed by atoms with Gasteiger partial charge in [0.2, 0.25) is 0 Å². The minimum Gasteiger partial charge on any atom is -0.339 e. The van der Waals surface area contributed by atoms with Crippen LogP contribution in [0.3, 0.4) is 0 Å². The molecule has 0 saturated carbocycles. The number of aryl methyl sites for hydroxylation is 1. The molecule has 24 heavy (non-hydrogen) atoms. The second-order valence-electron chi connectivity index (χ2n) is 6.45. The fourth-order valence-corrected chi connectivity index (χ4v) is 4.72. The molecule has 1 heterocycles. The molecule has 1 aliphatic rings. The van der Waals surface area contributed by atoms with Gasteiger partial charge in [-0.15, -0.1) is 0 Å². The molecular formula is C20H20ClNOS. The lowest BCUT2D eigenvalue weighted by atomic mass is 9.95. The van der Waals surface area contributed by atoms with Crippen LogP contribution in [0.25, 0.3) is 10.9 Å². The van der Waals surface area contributed by atoms with Gasteiger partial charge in [0, 0.05) is 28.9 Å². The number of hydrogen-bond donors (Lipinski definition) is 0. The Labute approximate surface area is 149 Å². The van der Waals surface area contributed by atoms with Gasteiger partial charge >= 0.3 is 0 Å². The molecule has 0 unspecified atom stereocenters. The number of para-hydroxylation sites is 1. The Balaban J connectivity index is 1.95. The van der Waals surface area contributed by atoms with E-state index >= 15 is 0 Å². The molecule has 0 radical (unpaired) electrons. The first-order valence-corrected chi connectivity index (χ1v) is 10.3. The van der Waals surface area contributed by atoms with Crippen LogP contribution in [0.1, 0.15) is 29.7 Å². The third-order valence-corrected chi connectivity index (χ3v) is 6.12. The number of nitrogens with zero attached hydrogens (tertiary/aromatic N) is 1. The smallest absolute Gasteiger partial charge is 0.0652 e. The summed E-state index contributed by atoms with van der Waals surface area (Å²) >= 11 is 6.02. The van der Waals surface area contributed by atoms with Gasteiger partial charge in [-0.25, -0.2) is 0 Å². The maximum atomic E-state index is 12.3. The fourth-order valence-electron chi connectivity index (χ4n) is 3.84. The van der Waals surface area contributed by atoms with Crippen molar-refractivity contribution in [3.63, 3.8) is 0 Å². The quantitative estimate of drug-likeness (QED) is 0.649. The van der Waals surface area contributed by atoms with Crippen molar-refractivity contribution < 1.29 is 4.21 Å². The SMILES string of the molecule is C[S@@](=O)c1cccc2c3c(n(Cc4ccc(Cl)cc4)c12)CCCC3. The van der Waals surface area contributed by atoms with Crippen LogP contribution >= 0.6 is 11.6 Å². The Hall–Kier alpha value is -1.58. The number of benzene rings is 2. The van der Waals surface area contributed by atoms with E-state index in [1.807, 2.05) is 24.3 Å². The van der Waals surface area contributed by atoms with Crippen molar-refractivity contribution in [1.29, 1.82) is 0 Å². The Bertz CT molecular complexity index is 927. The van der Waals surface area contributed by atoms with Crippen LogP contribution in [-0.4, -0.2) is 15.0 Å². The van der Waals surface area contributed by atoms with Crippen molar-refractivity contribution in [1.82, 2.24) is 4.57 Å². The van der Waals surface area contributed by atoms with Gasteiger partial charge in [-0.1, -0.05) is 35.9 Å². The van der Waals surface area contributed by atoms with Gasteiger partial charge in [0.15, 0.2) is 0 Å². The molecule has 2 aromatic carbocycles. The number of halogens is 1. The molecule has 2 nitrogen and oxygen atoms in total. The molecule has 0 N–H and O–H groups in total. The number of fused-ring (bicyclic) bond motifs is 3. The van der Waals surface area contributed by atoms with Gasteiger partial charge in [-0.3, -0.25) is 4.21 Å². The van der Waals surface area contributed by atoms with Crippen molar-refractivity contribution in [2.45, 2.75) is 37.1 Å². The molecule has 124 valence electrons. The van der Waals surface area contributed by atoms with E-state index in [-0.39, 0.29) is 0 Å². The number of aromatic nitrogens is 1. The zero-order valence-electron chi connectivity index (χ0n) is 13.7. The summed E-state index contributed by atoms with van der Waals surface area (Å²) in [6.07, 6.45) is 6.47. The van der Waals surface area contributed by atoms with Crippen LogP contribution in [-0.2, 0) is 30.2 Å². The molecule has 0 saturated heterocycles. The summed E-state index contributed by atoms with van der Waals surface area (Å²) in [5.41, 5.74) is 5.25. The van der Waals surface area contributed by atoms with E-state index in [0.29, 0.717) is 0 Å². The predicted octanol–water partition coefficient (Wildman–Crippen LogP) is 4.96. The van der Waals surface area contributed by atoms with E-state index < -0.39 is 10.8 Å². The molecule has 1 aliphatic carbocycles. The van der Waals surface area contributed by atoms with Crippen molar-refractivity contribution in [3.8, 4) is 0 Å². The van der Waals surface area contributed by atoms with Crippen molar-refractivity contribution in [2.24, 2.45) is 0 Å². The summed E-state index contributed by atoms with van der Waals surface area (Å²) in [6, 6.07) is 14.3. The summed E-state index contributed by atoms with van der Waals surface area (Å²) < 4.78 is 14.7. The van der Waals surface area contributed by atoms with Crippen LogP contribution in [0, 0.1) is 0 Å². The molecule has 4 rings (SSSR count). The van der Waals surface area contributed by atoms with E-state index in [2.05, 4.69) is 22.8 Å². The van der Waals surface area contributed by atoms with Crippen molar-refractivity contribution in [2.75, 3.05) is 6.26 Å². The highest BCUT2D eigenvalue weighted by atomic mass is 35.5. The largest absolute Gasteiger partial charge is 0.339 e. The van der Waals surface area contributed by atoms with Gasteiger partial charge in [0.1, 0.15) is 0 Å². The highest BCUT2D eigenvalue weighted by Gasteiger charge is 2.22. The molecular weight excluding hydrogens is 338 g/mol. The normalized spacial score (nSPS) is 15.4. The molecule has 1 atom stereocenters. The summed E-state index contributed by atoms with van der Waals surface area (Å²) in [6.45, 7) is 0.803. The molecule has 0 amide bonds. The summed E-state index contributed by atoms with van der Waals surface area (Å²) in [7, 11) is -0.996. The molecule has 3 aromatic rings. The minimum atomic E-state index is -0.996. The average molecular weight is 358 g/mol. The Morgan fingerprint density at radius 1 is 1.08 bits per heavy atom. The van der Waals surface area contributed by atoms with Crippen LogP contribution in [0.2, 0.25) is 5.02 Å². The zero-order valence-corrected chi connectivity index (χ0v) is 15.3. The Kier molecular flexibility index (Phi) is 4.23. The van der Waals surface area contributed by atoms with E-state index in [0.717, 1.165) is 34.8 Å². The lowest BCUT2D eigenvalue weighted by molar-refractivity contribution is 0.636. The highest BCUT2D eigenvalue weighted by Crippen LogP contribution is 2.35. The van der Waals surface area contributed by atoms with Gasteiger partial charge < -0.3 is 4.57 Å². The molecule has 0 aliphatic heterocycles. The molecule has 0 bridgehead atoms. The Morgan fingerprint density at radius 3 is 2.58 bits per heavy atom. The van der Waals surface area contributed by atoms with E-state index in [1.165, 1.54) is 35.0 Å². The first kappa shape index (κ1) is 15.9. The summed E-state index contributed by atoms with van der Waals surface area (Å²) in [5, 5.41) is 2.04. The van der Waals surface area contributed by atoms with Gasteiger partial charge in [-0.05, 0) is 55.0 Å². The third-order valence-electron chi connectivity index (χ3n) is 4.92. The van der Waals surface area contributed by atoms with E-state index in [1.54, 1.807) is 6.26 Å². The van der Waals surface area contributed by atoms with Crippen LogP contribution in [0.4, 0.5) is 0 Å². The molecule has 4 heteroatoms. The molecule has 1 aromatic heterocycles. The summed E-state index contributed by atoms with van der Waals surface area (Å²) in [5.74, 6) is 0.